The highest BCUT2D eigenvalue weighted by atomic mass is 35.5. The first kappa shape index (κ1) is 20.7. The standard InChI is InChI=1S/C20H25ClN4O2S/c1-13-14(2)25(15-8-4-3-5-9-15)20(22-13)28-12-18(26)23-24-19(27)16-10-6-7-11-17(16)21/h6-7,10-11,15H,3-5,8-9,12H2,1-2H3,(H,23,26)(H,24,27). The molecule has 2 amide bonds. The Labute approximate surface area is 174 Å². The van der Waals surface area contributed by atoms with Gasteiger partial charge in [-0.3, -0.25) is 20.4 Å². The zero-order chi connectivity index (χ0) is 20.1. The Bertz CT molecular complexity index is 862. The fourth-order valence-corrected chi connectivity index (χ4v) is 4.65. The molecule has 1 aliphatic rings. The number of imidazole rings is 1. The molecule has 3 rings (SSSR count). The second-order valence-corrected chi connectivity index (χ2v) is 8.35. The number of thioether (sulfide) groups is 1. The summed E-state index contributed by atoms with van der Waals surface area (Å²) in [4.78, 5) is 29.0. The van der Waals surface area contributed by atoms with Crippen LogP contribution >= 0.6 is 23.4 Å². The van der Waals surface area contributed by atoms with Gasteiger partial charge in [0.2, 0.25) is 5.91 Å². The van der Waals surface area contributed by atoms with Crippen molar-refractivity contribution in [3.05, 3.63) is 46.2 Å². The van der Waals surface area contributed by atoms with E-state index in [9.17, 15) is 9.59 Å². The molecule has 1 aromatic heterocycles. The molecule has 8 heteroatoms. The van der Waals surface area contributed by atoms with E-state index in [0.29, 0.717) is 16.6 Å². The van der Waals surface area contributed by atoms with Crippen LogP contribution in [0.25, 0.3) is 0 Å². The topological polar surface area (TPSA) is 76.0 Å². The molecule has 1 aromatic carbocycles. The SMILES string of the molecule is Cc1nc(SCC(=O)NNC(=O)c2ccccc2Cl)n(C2CCCCC2)c1C. The molecule has 0 atom stereocenters. The summed E-state index contributed by atoms with van der Waals surface area (Å²) in [6.07, 6.45) is 6.08. The van der Waals surface area contributed by atoms with Gasteiger partial charge in [-0.1, -0.05) is 54.8 Å². The van der Waals surface area contributed by atoms with Crippen LogP contribution in [0.15, 0.2) is 29.4 Å². The van der Waals surface area contributed by atoms with Crippen molar-refractivity contribution >= 4 is 35.2 Å². The number of hydrazine groups is 1. The third kappa shape index (κ3) is 4.89. The fraction of sp³-hybridized carbons (Fsp3) is 0.450. The van der Waals surface area contributed by atoms with Crippen LogP contribution in [0.5, 0.6) is 0 Å². The number of halogens is 1. The van der Waals surface area contributed by atoms with Crippen molar-refractivity contribution in [3.8, 4) is 0 Å². The Morgan fingerprint density at radius 2 is 1.89 bits per heavy atom. The van der Waals surface area contributed by atoms with E-state index in [1.807, 2.05) is 6.92 Å². The molecule has 2 aromatic rings. The summed E-state index contributed by atoms with van der Waals surface area (Å²) in [5.74, 6) is -0.566. The lowest BCUT2D eigenvalue weighted by atomic mass is 9.95. The van der Waals surface area contributed by atoms with Gasteiger partial charge in [-0.25, -0.2) is 4.98 Å². The van der Waals surface area contributed by atoms with Crippen LogP contribution in [0.1, 0.15) is 59.9 Å². The van der Waals surface area contributed by atoms with Crippen molar-refractivity contribution in [2.75, 3.05) is 5.75 Å². The number of benzene rings is 1. The maximum absolute atomic E-state index is 12.2. The van der Waals surface area contributed by atoms with Crippen LogP contribution in [0.3, 0.4) is 0 Å². The van der Waals surface area contributed by atoms with E-state index in [1.54, 1.807) is 24.3 Å². The molecule has 2 N–H and O–H groups in total. The third-order valence-corrected chi connectivity index (χ3v) is 6.34. The molecule has 0 radical (unpaired) electrons. The first-order valence-electron chi connectivity index (χ1n) is 9.49. The smallest absolute Gasteiger partial charge is 0.271 e. The summed E-state index contributed by atoms with van der Waals surface area (Å²) >= 11 is 7.39. The second-order valence-electron chi connectivity index (χ2n) is 7.00. The lowest BCUT2D eigenvalue weighted by Gasteiger charge is -2.26. The Kier molecular flexibility index (Phi) is 7.02. The first-order chi connectivity index (χ1) is 13.5. The monoisotopic (exact) mass is 420 g/mol. The van der Waals surface area contributed by atoms with E-state index in [0.717, 1.165) is 23.7 Å². The number of aromatic nitrogens is 2. The number of aryl methyl sites for hydroxylation is 1. The molecule has 1 heterocycles. The average molecular weight is 421 g/mol. The summed E-state index contributed by atoms with van der Waals surface area (Å²) < 4.78 is 2.29. The largest absolute Gasteiger partial charge is 0.320 e. The molecule has 28 heavy (non-hydrogen) atoms. The minimum absolute atomic E-state index is 0.172. The van der Waals surface area contributed by atoms with E-state index in [-0.39, 0.29) is 11.7 Å². The highest BCUT2D eigenvalue weighted by molar-refractivity contribution is 7.99. The van der Waals surface area contributed by atoms with Crippen molar-refractivity contribution in [1.82, 2.24) is 20.4 Å². The zero-order valence-electron chi connectivity index (χ0n) is 16.1. The van der Waals surface area contributed by atoms with Gasteiger partial charge in [0.1, 0.15) is 0 Å². The number of rotatable bonds is 5. The minimum atomic E-state index is -0.445. The molecule has 0 aliphatic heterocycles. The maximum atomic E-state index is 12.2. The van der Waals surface area contributed by atoms with E-state index >= 15 is 0 Å². The molecule has 150 valence electrons. The van der Waals surface area contributed by atoms with Crippen LogP contribution in [0, 0.1) is 13.8 Å². The van der Waals surface area contributed by atoms with Gasteiger partial charge in [0, 0.05) is 11.7 Å². The van der Waals surface area contributed by atoms with Gasteiger partial charge in [-0.15, -0.1) is 0 Å². The zero-order valence-corrected chi connectivity index (χ0v) is 17.7. The van der Waals surface area contributed by atoms with E-state index < -0.39 is 5.91 Å². The van der Waals surface area contributed by atoms with Crippen LogP contribution in [0.2, 0.25) is 5.02 Å². The third-order valence-electron chi connectivity index (χ3n) is 5.06. The fourth-order valence-electron chi connectivity index (χ4n) is 3.47. The predicted molar refractivity (Wildman–Crippen MR) is 112 cm³/mol. The van der Waals surface area contributed by atoms with Gasteiger partial charge >= 0.3 is 0 Å². The van der Waals surface area contributed by atoms with Crippen molar-refractivity contribution in [2.45, 2.75) is 57.1 Å². The molecule has 0 saturated heterocycles. The van der Waals surface area contributed by atoms with Crippen molar-refractivity contribution in [1.29, 1.82) is 0 Å². The number of nitrogens with one attached hydrogen (secondary N) is 2. The lowest BCUT2D eigenvalue weighted by molar-refractivity contribution is -0.119. The number of carbonyl (C=O) groups is 2. The number of amides is 2. The summed E-state index contributed by atoms with van der Waals surface area (Å²) in [6.45, 7) is 4.09. The Morgan fingerprint density at radius 1 is 1.18 bits per heavy atom. The lowest BCUT2D eigenvalue weighted by Crippen LogP contribution is -2.42. The Balaban J connectivity index is 1.57. The highest BCUT2D eigenvalue weighted by Gasteiger charge is 2.22. The van der Waals surface area contributed by atoms with Gasteiger partial charge in [0.05, 0.1) is 22.0 Å². The quantitative estimate of drug-likeness (QED) is 0.561. The highest BCUT2D eigenvalue weighted by Crippen LogP contribution is 2.34. The molecule has 6 nitrogen and oxygen atoms in total. The summed E-state index contributed by atoms with van der Waals surface area (Å²) in [5.41, 5.74) is 7.34. The van der Waals surface area contributed by atoms with Crippen LogP contribution < -0.4 is 10.9 Å². The number of hydrogen-bond acceptors (Lipinski definition) is 4. The van der Waals surface area contributed by atoms with Gasteiger partial charge in [0.15, 0.2) is 5.16 Å². The molecule has 1 fully saturated rings. The minimum Gasteiger partial charge on any atom is -0.320 e. The van der Waals surface area contributed by atoms with Crippen LogP contribution in [0.4, 0.5) is 0 Å². The van der Waals surface area contributed by atoms with Crippen LogP contribution in [-0.4, -0.2) is 27.1 Å². The van der Waals surface area contributed by atoms with E-state index in [4.69, 9.17) is 11.6 Å². The molecular weight excluding hydrogens is 396 g/mol. The normalized spacial score (nSPS) is 14.7. The molecule has 0 spiro atoms. The number of nitrogens with zero attached hydrogens (tertiary/aromatic N) is 2. The summed E-state index contributed by atoms with van der Waals surface area (Å²) in [6, 6.07) is 7.15. The van der Waals surface area contributed by atoms with Gasteiger partial charge < -0.3 is 4.57 Å². The van der Waals surface area contributed by atoms with Crippen LogP contribution in [-0.2, 0) is 4.79 Å². The first-order valence-corrected chi connectivity index (χ1v) is 10.9. The summed E-state index contributed by atoms with van der Waals surface area (Å²) in [7, 11) is 0. The van der Waals surface area contributed by atoms with Crippen molar-refractivity contribution in [2.24, 2.45) is 0 Å². The van der Waals surface area contributed by atoms with Crippen molar-refractivity contribution in [3.63, 3.8) is 0 Å². The molecule has 1 saturated carbocycles. The number of carbonyl (C=O) groups excluding carboxylic acids is 2. The summed E-state index contributed by atoms with van der Waals surface area (Å²) in [5, 5.41) is 1.21. The van der Waals surface area contributed by atoms with Gasteiger partial charge in [-0.05, 0) is 38.8 Å². The van der Waals surface area contributed by atoms with Gasteiger partial charge in [-0.2, -0.15) is 0 Å². The molecule has 1 aliphatic carbocycles. The predicted octanol–water partition coefficient (Wildman–Crippen LogP) is 4.21. The number of hydrogen-bond donors (Lipinski definition) is 2. The maximum Gasteiger partial charge on any atom is 0.271 e. The van der Waals surface area contributed by atoms with E-state index in [2.05, 4.69) is 27.3 Å². The average Bonchev–Trinajstić information content (AvgIpc) is 2.99. The second kappa shape index (κ2) is 9.47. The van der Waals surface area contributed by atoms with Crippen molar-refractivity contribution < 1.29 is 9.59 Å². The van der Waals surface area contributed by atoms with E-state index in [1.165, 1.54) is 36.7 Å². The molecule has 0 unspecified atom stereocenters. The molecular formula is C20H25ClN4O2S. The van der Waals surface area contributed by atoms with Gasteiger partial charge in [0.25, 0.3) is 5.91 Å². The Hall–Kier alpha value is -1.99. The molecule has 0 bridgehead atoms. The Morgan fingerprint density at radius 3 is 2.61 bits per heavy atom.